The zero-order chi connectivity index (χ0) is 22.3. The van der Waals surface area contributed by atoms with E-state index in [0.29, 0.717) is 5.56 Å². The van der Waals surface area contributed by atoms with Gasteiger partial charge in [-0.05, 0) is 32.8 Å². The molecule has 1 amide bonds. The highest BCUT2D eigenvalue weighted by atomic mass is 16.8. The molecule has 30 heavy (non-hydrogen) atoms. The van der Waals surface area contributed by atoms with Crippen LogP contribution in [0, 0.1) is 11.3 Å². The van der Waals surface area contributed by atoms with Crippen LogP contribution in [-0.4, -0.2) is 47.6 Å². The Bertz CT molecular complexity index is 797. The molecule has 0 bridgehead atoms. The van der Waals surface area contributed by atoms with Crippen molar-refractivity contribution >= 4 is 19.2 Å². The van der Waals surface area contributed by atoms with Gasteiger partial charge in [-0.2, -0.15) is 5.26 Å². The Morgan fingerprint density at radius 3 is 2.77 bits per heavy atom. The first-order valence-electron chi connectivity index (χ1n) is 9.54. The first-order chi connectivity index (χ1) is 14.2. The van der Waals surface area contributed by atoms with Gasteiger partial charge in [-0.15, -0.1) is 0 Å². The molecule has 1 aliphatic heterocycles. The zero-order valence-electron chi connectivity index (χ0n) is 17.0. The van der Waals surface area contributed by atoms with Crippen LogP contribution in [0.1, 0.15) is 51.0 Å². The third-order valence-corrected chi connectivity index (χ3v) is 4.14. The van der Waals surface area contributed by atoms with Gasteiger partial charge in [0.2, 0.25) is 12.2 Å². The van der Waals surface area contributed by atoms with Crippen LogP contribution in [0.15, 0.2) is 18.2 Å². The molecule has 2 unspecified atom stereocenters. The van der Waals surface area contributed by atoms with E-state index in [1.807, 2.05) is 6.07 Å². The van der Waals surface area contributed by atoms with Gasteiger partial charge in [0.05, 0.1) is 18.1 Å². The van der Waals surface area contributed by atoms with Crippen molar-refractivity contribution in [3.8, 4) is 11.8 Å². The minimum absolute atomic E-state index is 0.0241. The molecule has 10 nitrogen and oxygen atoms in total. The lowest BCUT2D eigenvalue weighted by molar-refractivity contribution is -0.210. The number of nitriles is 1. The normalized spacial score (nSPS) is 17.2. The number of nitrogens with zero attached hydrogens (tertiary/aromatic N) is 1. The average molecular weight is 420 g/mol. The summed E-state index contributed by atoms with van der Waals surface area (Å²) in [6, 6.07) is 6.82. The van der Waals surface area contributed by atoms with Gasteiger partial charge in [-0.3, -0.25) is 4.79 Å². The van der Waals surface area contributed by atoms with Crippen LogP contribution in [0.25, 0.3) is 0 Å². The number of carbonyl (C=O) groups excluding carboxylic acids is 2. The van der Waals surface area contributed by atoms with Crippen molar-refractivity contribution in [1.29, 1.82) is 5.26 Å². The Balaban J connectivity index is 2.04. The Morgan fingerprint density at radius 2 is 2.10 bits per heavy atom. The van der Waals surface area contributed by atoms with Crippen LogP contribution in [0.2, 0.25) is 0 Å². The molecule has 1 aromatic rings. The lowest BCUT2D eigenvalue weighted by Gasteiger charge is -2.30. The van der Waals surface area contributed by atoms with Crippen molar-refractivity contribution in [2.75, 3.05) is 0 Å². The van der Waals surface area contributed by atoms with Crippen molar-refractivity contribution < 1.29 is 38.6 Å². The maximum absolute atomic E-state index is 11.8. The van der Waals surface area contributed by atoms with E-state index in [1.165, 1.54) is 6.92 Å². The Labute approximate surface area is 174 Å². The molecule has 0 saturated carbocycles. The first-order valence-corrected chi connectivity index (χ1v) is 9.54. The van der Waals surface area contributed by atoms with Crippen LogP contribution < -0.4 is 9.97 Å². The fourth-order valence-corrected chi connectivity index (χ4v) is 2.85. The average Bonchev–Trinajstić information content (AvgIpc) is 2.65. The predicted molar refractivity (Wildman–Crippen MR) is 104 cm³/mol. The second-order valence-electron chi connectivity index (χ2n) is 6.97. The van der Waals surface area contributed by atoms with E-state index in [9.17, 15) is 19.7 Å². The number of rotatable bonds is 8. The number of carbonyl (C=O) groups is 2. The van der Waals surface area contributed by atoms with Gasteiger partial charge in [0.25, 0.3) is 0 Å². The number of nitrogens with one attached hydrogen (secondary N) is 1. The van der Waals surface area contributed by atoms with Crippen molar-refractivity contribution in [3.63, 3.8) is 0 Å². The minimum atomic E-state index is -1.50. The first kappa shape index (κ1) is 23.5. The van der Waals surface area contributed by atoms with Gasteiger partial charge in [0.1, 0.15) is 5.75 Å². The number of benzene rings is 1. The summed E-state index contributed by atoms with van der Waals surface area (Å²) in [6.45, 7) is 4.75. The second-order valence-corrected chi connectivity index (χ2v) is 6.97. The van der Waals surface area contributed by atoms with Crippen molar-refractivity contribution in [2.24, 2.45) is 0 Å². The lowest BCUT2D eigenvalue weighted by atomic mass is 9.72. The molecular formula is C19H25BN2O8. The highest BCUT2D eigenvalue weighted by molar-refractivity contribution is 6.46. The third kappa shape index (κ3) is 6.62. The molecule has 0 aliphatic carbocycles. The Kier molecular flexibility index (Phi) is 8.47. The van der Waals surface area contributed by atoms with Crippen LogP contribution in [0.5, 0.6) is 5.75 Å². The number of hydrogen-bond donors (Lipinski definition) is 3. The number of hydrogen-bond acceptors (Lipinski definition) is 9. The molecule has 11 heteroatoms. The number of ether oxygens (including phenoxy) is 3. The highest BCUT2D eigenvalue weighted by Gasteiger charge is 2.37. The maximum Gasteiger partial charge on any atom is 0.547 e. The summed E-state index contributed by atoms with van der Waals surface area (Å²) in [4.78, 5) is 23.4. The summed E-state index contributed by atoms with van der Waals surface area (Å²) in [5.74, 6) is -0.853. The van der Waals surface area contributed by atoms with E-state index >= 15 is 0 Å². The highest BCUT2D eigenvalue weighted by Crippen LogP contribution is 2.34. The molecule has 2 rings (SSSR count). The predicted octanol–water partition coefficient (Wildman–Crippen LogP) is 1.34. The molecule has 3 atom stereocenters. The largest absolute Gasteiger partial charge is 0.547 e. The zero-order valence-corrected chi connectivity index (χ0v) is 17.0. The molecule has 3 N–H and O–H groups in total. The van der Waals surface area contributed by atoms with Crippen molar-refractivity contribution in [3.05, 3.63) is 29.3 Å². The van der Waals surface area contributed by atoms with Gasteiger partial charge in [0.15, 0.2) is 6.29 Å². The van der Waals surface area contributed by atoms with Crippen LogP contribution in [-0.2, 0) is 25.4 Å². The van der Waals surface area contributed by atoms with E-state index in [-0.39, 0.29) is 42.6 Å². The fraction of sp³-hybridized carbons (Fsp3) is 0.526. The van der Waals surface area contributed by atoms with E-state index in [2.05, 4.69) is 5.32 Å². The maximum atomic E-state index is 11.8. The van der Waals surface area contributed by atoms with Crippen LogP contribution in [0.3, 0.4) is 0 Å². The molecule has 1 aromatic carbocycles. The summed E-state index contributed by atoms with van der Waals surface area (Å²) in [7, 11) is -1.36. The monoisotopic (exact) mass is 420 g/mol. The molecule has 0 fully saturated rings. The van der Waals surface area contributed by atoms with E-state index < -0.39 is 31.8 Å². The third-order valence-electron chi connectivity index (χ3n) is 4.14. The number of para-hydroxylation sites is 1. The molecule has 0 radical (unpaired) electrons. The van der Waals surface area contributed by atoms with Gasteiger partial charge >= 0.3 is 13.3 Å². The van der Waals surface area contributed by atoms with Crippen LogP contribution in [0.4, 0.5) is 4.79 Å². The lowest BCUT2D eigenvalue weighted by Crippen LogP contribution is -2.53. The smallest absolute Gasteiger partial charge is 0.534 e. The van der Waals surface area contributed by atoms with Crippen molar-refractivity contribution in [1.82, 2.24) is 5.32 Å². The fourth-order valence-electron chi connectivity index (χ4n) is 2.85. The number of aliphatic hydroxyl groups excluding tert-OH is 1. The number of amides is 1. The summed E-state index contributed by atoms with van der Waals surface area (Å²) in [5, 5.41) is 31.9. The van der Waals surface area contributed by atoms with Gasteiger partial charge in [-0.1, -0.05) is 18.2 Å². The molecule has 0 spiro atoms. The molecule has 0 aromatic heterocycles. The molecule has 0 saturated heterocycles. The molecule has 1 aliphatic rings. The number of aliphatic hydroxyl groups is 1. The molecular weight excluding hydrogens is 395 g/mol. The van der Waals surface area contributed by atoms with Crippen LogP contribution >= 0.6 is 0 Å². The van der Waals surface area contributed by atoms with E-state index in [0.717, 1.165) is 0 Å². The molecule has 162 valence electrons. The topological polar surface area (TPSA) is 147 Å². The number of fused-ring (bicyclic) bond motifs is 1. The van der Waals surface area contributed by atoms with E-state index in [4.69, 9.17) is 24.1 Å². The summed E-state index contributed by atoms with van der Waals surface area (Å²) < 4.78 is 20.6. The Morgan fingerprint density at radius 1 is 1.37 bits per heavy atom. The summed E-state index contributed by atoms with van der Waals surface area (Å²) in [6.07, 6.45) is -3.55. The van der Waals surface area contributed by atoms with E-state index in [1.54, 1.807) is 32.0 Å². The quantitative estimate of drug-likeness (QED) is 0.322. The van der Waals surface area contributed by atoms with Gasteiger partial charge < -0.3 is 34.3 Å². The summed E-state index contributed by atoms with van der Waals surface area (Å²) >= 11 is 0. The SMILES string of the molecule is CC(C)OC(=O)OC(C)OC(O)c1cccc2c1OB(O)[C@@H](NC(=O)CCC#N)C2. The van der Waals surface area contributed by atoms with Crippen molar-refractivity contribution in [2.45, 2.75) is 64.7 Å². The summed E-state index contributed by atoms with van der Waals surface area (Å²) in [5.41, 5.74) is 0.868. The van der Waals surface area contributed by atoms with Gasteiger partial charge in [0, 0.05) is 18.4 Å². The standard InChI is InChI=1S/C19H25BN2O8/c1-11(2)27-19(25)29-12(3)28-18(24)14-7-4-6-13-10-15(20(26)30-17(13)14)22-16(23)8-5-9-21/h4,6-7,11-12,15,18,24,26H,5,8,10H2,1-3H3,(H,22,23)/t12?,15-,18?/m0/s1. The minimum Gasteiger partial charge on any atom is -0.534 e. The Hall–Kier alpha value is -2.81. The molecule has 1 heterocycles. The van der Waals surface area contributed by atoms with Gasteiger partial charge in [-0.25, -0.2) is 4.79 Å². The second kappa shape index (κ2) is 10.8.